The summed E-state index contributed by atoms with van der Waals surface area (Å²) in [5.74, 6) is 0.569. The van der Waals surface area contributed by atoms with Crippen LogP contribution in [0.2, 0.25) is 0 Å². The maximum absolute atomic E-state index is 13.1. The third-order valence-electron chi connectivity index (χ3n) is 5.06. The number of rotatable bonds is 4. The van der Waals surface area contributed by atoms with E-state index in [4.69, 9.17) is 4.52 Å². The molecule has 1 aliphatic heterocycles. The van der Waals surface area contributed by atoms with Crippen molar-refractivity contribution in [2.75, 3.05) is 13.1 Å². The summed E-state index contributed by atoms with van der Waals surface area (Å²) in [5, 5.41) is 3.99. The molecule has 4 rings (SSSR count). The SMILES string of the molecule is Fc1ccc(-c2noc([C@H]3CCCN(Cc4cccc(C(F)(F)F)c4)C3)n2)cc1. The average molecular weight is 405 g/mol. The van der Waals surface area contributed by atoms with Gasteiger partial charge in [0.05, 0.1) is 11.5 Å². The molecule has 8 heteroatoms. The molecule has 0 radical (unpaired) electrons. The van der Waals surface area contributed by atoms with Gasteiger partial charge in [-0.25, -0.2) is 4.39 Å². The van der Waals surface area contributed by atoms with Crippen molar-refractivity contribution in [2.45, 2.75) is 31.5 Å². The van der Waals surface area contributed by atoms with Crippen LogP contribution in [0, 0.1) is 5.82 Å². The lowest BCUT2D eigenvalue weighted by Gasteiger charge is -2.31. The second kappa shape index (κ2) is 7.94. The summed E-state index contributed by atoms with van der Waals surface area (Å²) in [5.41, 5.74) is 0.653. The summed E-state index contributed by atoms with van der Waals surface area (Å²) < 4.78 is 57.3. The maximum atomic E-state index is 13.1. The topological polar surface area (TPSA) is 42.2 Å². The first-order valence-corrected chi connectivity index (χ1v) is 9.36. The van der Waals surface area contributed by atoms with Crippen LogP contribution in [0.3, 0.4) is 0 Å². The van der Waals surface area contributed by atoms with Crippen LogP contribution in [0.25, 0.3) is 11.4 Å². The number of hydrogen-bond donors (Lipinski definition) is 0. The van der Waals surface area contributed by atoms with Crippen molar-refractivity contribution in [3.8, 4) is 11.4 Å². The molecular weight excluding hydrogens is 386 g/mol. The fourth-order valence-electron chi connectivity index (χ4n) is 3.62. The van der Waals surface area contributed by atoms with E-state index in [9.17, 15) is 17.6 Å². The van der Waals surface area contributed by atoms with Gasteiger partial charge in [-0.1, -0.05) is 23.4 Å². The van der Waals surface area contributed by atoms with Gasteiger partial charge < -0.3 is 4.52 Å². The van der Waals surface area contributed by atoms with Crippen molar-refractivity contribution in [3.05, 3.63) is 71.4 Å². The van der Waals surface area contributed by atoms with Crippen molar-refractivity contribution < 1.29 is 22.1 Å². The lowest BCUT2D eigenvalue weighted by molar-refractivity contribution is -0.137. The van der Waals surface area contributed by atoms with Crippen LogP contribution in [0.1, 0.15) is 35.8 Å². The summed E-state index contributed by atoms with van der Waals surface area (Å²) in [4.78, 5) is 6.55. The fraction of sp³-hybridized carbons (Fsp3) is 0.333. The lowest BCUT2D eigenvalue weighted by atomic mass is 9.97. The van der Waals surface area contributed by atoms with Gasteiger partial charge in [0.15, 0.2) is 0 Å². The highest BCUT2D eigenvalue weighted by Gasteiger charge is 2.31. The van der Waals surface area contributed by atoms with Gasteiger partial charge in [0.2, 0.25) is 11.7 Å². The van der Waals surface area contributed by atoms with E-state index in [1.165, 1.54) is 24.3 Å². The molecule has 0 saturated carbocycles. The Hall–Kier alpha value is -2.74. The zero-order chi connectivity index (χ0) is 20.4. The molecule has 29 heavy (non-hydrogen) atoms. The third kappa shape index (κ3) is 4.64. The Bertz CT molecular complexity index is 969. The molecule has 4 nitrogen and oxygen atoms in total. The largest absolute Gasteiger partial charge is 0.416 e. The van der Waals surface area contributed by atoms with Crippen LogP contribution >= 0.6 is 0 Å². The molecule has 1 fully saturated rings. The Morgan fingerprint density at radius 3 is 2.66 bits per heavy atom. The van der Waals surface area contributed by atoms with E-state index >= 15 is 0 Å². The summed E-state index contributed by atoms with van der Waals surface area (Å²) in [7, 11) is 0. The van der Waals surface area contributed by atoms with Gasteiger partial charge in [-0.05, 0) is 55.3 Å². The highest BCUT2D eigenvalue weighted by atomic mass is 19.4. The quantitative estimate of drug-likeness (QED) is 0.555. The van der Waals surface area contributed by atoms with Crippen molar-refractivity contribution in [2.24, 2.45) is 0 Å². The molecule has 2 aromatic carbocycles. The second-order valence-electron chi connectivity index (χ2n) is 7.24. The van der Waals surface area contributed by atoms with E-state index in [1.807, 2.05) is 0 Å². The number of halogens is 4. The molecule has 0 unspecified atom stereocenters. The first-order valence-electron chi connectivity index (χ1n) is 9.36. The van der Waals surface area contributed by atoms with Crippen molar-refractivity contribution in [3.63, 3.8) is 0 Å². The molecule has 0 aliphatic carbocycles. The van der Waals surface area contributed by atoms with E-state index < -0.39 is 11.7 Å². The van der Waals surface area contributed by atoms with Gasteiger partial charge in [-0.3, -0.25) is 4.90 Å². The average Bonchev–Trinajstić information content (AvgIpc) is 3.19. The fourth-order valence-corrected chi connectivity index (χ4v) is 3.62. The minimum Gasteiger partial charge on any atom is -0.339 e. The van der Waals surface area contributed by atoms with E-state index in [0.29, 0.717) is 35.9 Å². The Morgan fingerprint density at radius 2 is 1.90 bits per heavy atom. The van der Waals surface area contributed by atoms with Gasteiger partial charge in [-0.15, -0.1) is 0 Å². The van der Waals surface area contributed by atoms with Gasteiger partial charge in [0, 0.05) is 18.7 Å². The molecule has 1 aromatic heterocycles. The van der Waals surface area contributed by atoms with Gasteiger partial charge in [-0.2, -0.15) is 18.2 Å². The summed E-state index contributed by atoms with van der Waals surface area (Å²) >= 11 is 0. The standard InChI is InChI=1S/C21H19F4N3O/c22-18-8-6-15(7-9-18)19-26-20(29-27-19)16-4-2-10-28(13-16)12-14-3-1-5-17(11-14)21(23,24)25/h1,3,5-9,11,16H,2,4,10,12-13H2/t16-/m0/s1. The molecule has 152 valence electrons. The second-order valence-corrected chi connectivity index (χ2v) is 7.24. The first-order chi connectivity index (χ1) is 13.9. The van der Waals surface area contributed by atoms with Gasteiger partial charge in [0.25, 0.3) is 0 Å². The van der Waals surface area contributed by atoms with E-state index in [1.54, 1.807) is 18.2 Å². The smallest absolute Gasteiger partial charge is 0.339 e. The van der Waals surface area contributed by atoms with Crippen LogP contribution in [-0.2, 0) is 12.7 Å². The van der Waals surface area contributed by atoms with Crippen molar-refractivity contribution >= 4 is 0 Å². The zero-order valence-electron chi connectivity index (χ0n) is 15.5. The Kier molecular flexibility index (Phi) is 5.36. The van der Waals surface area contributed by atoms with Crippen molar-refractivity contribution in [1.29, 1.82) is 0 Å². The molecule has 0 spiro atoms. The number of benzene rings is 2. The van der Waals surface area contributed by atoms with E-state index in [2.05, 4.69) is 15.0 Å². The molecule has 0 bridgehead atoms. The maximum Gasteiger partial charge on any atom is 0.416 e. The van der Waals surface area contributed by atoms with Crippen LogP contribution in [0.5, 0.6) is 0 Å². The zero-order valence-corrected chi connectivity index (χ0v) is 15.5. The number of hydrogen-bond acceptors (Lipinski definition) is 4. The van der Waals surface area contributed by atoms with E-state index in [0.717, 1.165) is 25.5 Å². The first kappa shape index (κ1) is 19.6. The number of aromatic nitrogens is 2. The number of nitrogens with zero attached hydrogens (tertiary/aromatic N) is 3. The van der Waals surface area contributed by atoms with E-state index in [-0.39, 0.29) is 11.7 Å². The molecule has 1 aliphatic rings. The number of piperidine rings is 1. The summed E-state index contributed by atoms with van der Waals surface area (Å²) in [6.07, 6.45) is -2.59. The molecule has 2 heterocycles. The number of alkyl halides is 3. The predicted octanol–water partition coefficient (Wildman–Crippen LogP) is 5.27. The van der Waals surface area contributed by atoms with Crippen LogP contribution in [-0.4, -0.2) is 28.1 Å². The lowest BCUT2D eigenvalue weighted by Crippen LogP contribution is -2.34. The molecule has 0 N–H and O–H groups in total. The highest BCUT2D eigenvalue weighted by molar-refractivity contribution is 5.53. The monoisotopic (exact) mass is 405 g/mol. The van der Waals surface area contributed by atoms with Crippen LogP contribution in [0.15, 0.2) is 53.1 Å². The molecule has 0 amide bonds. The molecular formula is C21H19F4N3O. The Morgan fingerprint density at radius 1 is 1.10 bits per heavy atom. The summed E-state index contributed by atoms with van der Waals surface area (Å²) in [6.45, 7) is 1.85. The van der Waals surface area contributed by atoms with Gasteiger partial charge >= 0.3 is 6.18 Å². The summed E-state index contributed by atoms with van der Waals surface area (Å²) in [6, 6.07) is 11.3. The van der Waals surface area contributed by atoms with Crippen LogP contribution in [0.4, 0.5) is 17.6 Å². The molecule has 3 aromatic rings. The van der Waals surface area contributed by atoms with Crippen LogP contribution < -0.4 is 0 Å². The molecule has 1 atom stereocenters. The number of likely N-dealkylation sites (tertiary alicyclic amines) is 1. The van der Waals surface area contributed by atoms with Crippen molar-refractivity contribution in [1.82, 2.24) is 15.0 Å². The van der Waals surface area contributed by atoms with Gasteiger partial charge in [0.1, 0.15) is 5.82 Å². The Labute approximate surface area is 165 Å². The Balaban J connectivity index is 1.44. The predicted molar refractivity (Wildman–Crippen MR) is 98.4 cm³/mol. The normalized spacial score (nSPS) is 18.1. The minimum atomic E-state index is -4.35. The third-order valence-corrected chi connectivity index (χ3v) is 5.06. The highest BCUT2D eigenvalue weighted by Crippen LogP contribution is 2.31. The molecule has 1 saturated heterocycles. The minimum absolute atomic E-state index is 0.0104.